The van der Waals surface area contributed by atoms with E-state index in [1.165, 1.54) is 11.1 Å². The first-order valence-electron chi connectivity index (χ1n) is 21.2. The molecule has 3 aromatic heterocycles. The van der Waals surface area contributed by atoms with E-state index in [0.717, 1.165) is 88.4 Å². The molecule has 6 heteroatoms. The highest BCUT2D eigenvalue weighted by Gasteiger charge is 2.19. The molecule has 0 aliphatic heterocycles. The minimum absolute atomic E-state index is 0.539. The second-order valence-corrected chi connectivity index (χ2v) is 15.9. The Balaban J connectivity index is 0.990. The molecular formula is C58H35N5O. The number of fused-ring (bicyclic) bond motifs is 6. The highest BCUT2D eigenvalue weighted by atomic mass is 16.3. The van der Waals surface area contributed by atoms with E-state index in [-0.39, 0.29) is 0 Å². The van der Waals surface area contributed by atoms with Crippen molar-refractivity contribution in [2.45, 2.75) is 0 Å². The lowest BCUT2D eigenvalue weighted by atomic mass is 9.96. The molecule has 3 heterocycles. The predicted octanol–water partition coefficient (Wildman–Crippen LogP) is 14.7. The first-order chi connectivity index (χ1) is 31.6. The highest BCUT2D eigenvalue weighted by molar-refractivity contribution is 6.13. The van der Waals surface area contributed by atoms with Crippen molar-refractivity contribution in [1.82, 2.24) is 19.5 Å². The monoisotopic (exact) mass is 817 g/mol. The van der Waals surface area contributed by atoms with E-state index in [1.807, 2.05) is 72.8 Å². The third-order valence-corrected chi connectivity index (χ3v) is 12.1. The van der Waals surface area contributed by atoms with Gasteiger partial charge in [-0.2, -0.15) is 5.26 Å². The van der Waals surface area contributed by atoms with Crippen molar-refractivity contribution in [3.8, 4) is 79.3 Å². The molecule has 0 spiro atoms. The summed E-state index contributed by atoms with van der Waals surface area (Å²) in [6.45, 7) is 0. The van der Waals surface area contributed by atoms with Gasteiger partial charge in [-0.05, 0) is 100 Å². The van der Waals surface area contributed by atoms with E-state index >= 15 is 0 Å². The van der Waals surface area contributed by atoms with E-state index in [9.17, 15) is 5.26 Å². The first kappa shape index (κ1) is 36.9. The van der Waals surface area contributed by atoms with Crippen LogP contribution in [0.4, 0.5) is 0 Å². The van der Waals surface area contributed by atoms with E-state index in [1.54, 1.807) is 0 Å². The maximum Gasteiger partial charge on any atom is 0.164 e. The van der Waals surface area contributed by atoms with Crippen LogP contribution in [0.1, 0.15) is 5.56 Å². The standard InChI is InChI=1S/C58H35N5O/c59-36-37-11-9-14-43(33-37)40-23-27-42(28-24-40)56-60-57(44-30-32-52-50(34-44)48-17-7-8-19-51(48)63(52)46-15-5-2-6-16-46)62-58(61-56)45-29-31-49-54(35-45)64-53-20-10-18-47(55(49)53)41-25-21-39(22-26-41)38-12-3-1-4-13-38/h1-35H. The van der Waals surface area contributed by atoms with Crippen LogP contribution in [0, 0.1) is 11.3 Å². The van der Waals surface area contributed by atoms with Crippen LogP contribution in [0.3, 0.4) is 0 Å². The SMILES string of the molecule is N#Cc1cccc(-c2ccc(-c3nc(-c4ccc5c(c4)oc4cccc(-c6ccc(-c7ccccc7)cc6)c45)nc(-c4ccc5c(c4)c4ccccc4n5-c4ccccc4)n3)cc2)c1. The Bertz CT molecular complexity index is 3770. The summed E-state index contributed by atoms with van der Waals surface area (Å²) in [5.41, 5.74) is 14.6. The van der Waals surface area contributed by atoms with Gasteiger partial charge in [0, 0.05) is 43.9 Å². The second kappa shape index (κ2) is 15.2. The number of para-hydroxylation sites is 2. The average Bonchev–Trinajstić information content (AvgIpc) is 3.92. The maximum atomic E-state index is 9.52. The number of nitrogens with zero attached hydrogens (tertiary/aromatic N) is 5. The summed E-state index contributed by atoms with van der Waals surface area (Å²) in [5, 5.41) is 13.9. The zero-order valence-corrected chi connectivity index (χ0v) is 34.4. The lowest BCUT2D eigenvalue weighted by Gasteiger charge is -2.10. The second-order valence-electron chi connectivity index (χ2n) is 15.9. The van der Waals surface area contributed by atoms with Gasteiger partial charge in [0.15, 0.2) is 17.5 Å². The van der Waals surface area contributed by atoms with Gasteiger partial charge in [0.05, 0.1) is 22.7 Å². The van der Waals surface area contributed by atoms with Crippen LogP contribution in [-0.4, -0.2) is 19.5 Å². The van der Waals surface area contributed by atoms with Crippen LogP contribution in [0.2, 0.25) is 0 Å². The van der Waals surface area contributed by atoms with E-state index in [0.29, 0.717) is 23.0 Å². The number of benzene rings is 9. The Morgan fingerprint density at radius 2 is 0.938 bits per heavy atom. The van der Waals surface area contributed by atoms with Gasteiger partial charge in [-0.1, -0.05) is 146 Å². The van der Waals surface area contributed by atoms with Crippen molar-refractivity contribution in [3.63, 3.8) is 0 Å². The Morgan fingerprint density at radius 3 is 1.70 bits per heavy atom. The normalized spacial score (nSPS) is 11.4. The van der Waals surface area contributed by atoms with E-state index in [4.69, 9.17) is 19.4 Å². The predicted molar refractivity (Wildman–Crippen MR) is 259 cm³/mol. The molecule has 0 saturated carbocycles. The summed E-state index contributed by atoms with van der Waals surface area (Å²) in [7, 11) is 0. The summed E-state index contributed by atoms with van der Waals surface area (Å²) in [5.74, 6) is 1.65. The first-order valence-corrected chi connectivity index (χ1v) is 21.2. The fraction of sp³-hybridized carbons (Fsp3) is 0. The molecule has 0 unspecified atom stereocenters. The van der Waals surface area contributed by atoms with Crippen molar-refractivity contribution in [2.24, 2.45) is 0 Å². The Hall–Kier alpha value is -8.92. The number of aromatic nitrogens is 4. The molecule has 0 amide bonds. The molecule has 298 valence electrons. The van der Waals surface area contributed by atoms with Crippen LogP contribution in [0.25, 0.3) is 117 Å². The molecule has 0 atom stereocenters. The summed E-state index contributed by atoms with van der Waals surface area (Å²) in [6, 6.07) is 75.1. The van der Waals surface area contributed by atoms with Crippen LogP contribution < -0.4 is 0 Å². The Labute approximate surface area is 368 Å². The molecule has 0 N–H and O–H groups in total. The molecule has 0 bridgehead atoms. The topological polar surface area (TPSA) is 80.5 Å². The van der Waals surface area contributed by atoms with Gasteiger partial charge in [0.1, 0.15) is 11.2 Å². The van der Waals surface area contributed by atoms with Gasteiger partial charge in [0.2, 0.25) is 0 Å². The number of nitriles is 1. The molecule has 0 fully saturated rings. The van der Waals surface area contributed by atoms with Gasteiger partial charge in [-0.15, -0.1) is 0 Å². The molecular weight excluding hydrogens is 783 g/mol. The summed E-state index contributed by atoms with van der Waals surface area (Å²) < 4.78 is 8.91. The van der Waals surface area contributed by atoms with Crippen LogP contribution in [0.5, 0.6) is 0 Å². The number of hydrogen-bond donors (Lipinski definition) is 0. The largest absolute Gasteiger partial charge is 0.456 e. The molecule has 64 heavy (non-hydrogen) atoms. The zero-order valence-electron chi connectivity index (χ0n) is 34.4. The highest BCUT2D eigenvalue weighted by Crippen LogP contribution is 2.40. The molecule has 12 aromatic rings. The lowest BCUT2D eigenvalue weighted by Crippen LogP contribution is -2.00. The van der Waals surface area contributed by atoms with Crippen LogP contribution in [-0.2, 0) is 0 Å². The molecule has 0 aliphatic rings. The molecule has 0 saturated heterocycles. The molecule has 12 rings (SSSR count). The Morgan fingerprint density at radius 1 is 0.375 bits per heavy atom. The molecule has 6 nitrogen and oxygen atoms in total. The minimum Gasteiger partial charge on any atom is -0.456 e. The van der Waals surface area contributed by atoms with Crippen molar-refractivity contribution in [3.05, 3.63) is 218 Å². The van der Waals surface area contributed by atoms with Gasteiger partial charge < -0.3 is 8.98 Å². The van der Waals surface area contributed by atoms with Crippen molar-refractivity contribution >= 4 is 43.7 Å². The van der Waals surface area contributed by atoms with Gasteiger partial charge >= 0.3 is 0 Å². The lowest BCUT2D eigenvalue weighted by molar-refractivity contribution is 0.669. The minimum atomic E-state index is 0.539. The van der Waals surface area contributed by atoms with Gasteiger partial charge in [-0.25, -0.2) is 15.0 Å². The van der Waals surface area contributed by atoms with Crippen molar-refractivity contribution < 1.29 is 4.42 Å². The van der Waals surface area contributed by atoms with Crippen LogP contribution >= 0.6 is 0 Å². The zero-order chi connectivity index (χ0) is 42.6. The third kappa shape index (κ3) is 6.39. The number of furan rings is 1. The molecule has 0 aliphatic carbocycles. The third-order valence-electron chi connectivity index (χ3n) is 12.1. The smallest absolute Gasteiger partial charge is 0.164 e. The van der Waals surface area contributed by atoms with Crippen LogP contribution in [0.15, 0.2) is 217 Å². The van der Waals surface area contributed by atoms with Crippen molar-refractivity contribution in [1.29, 1.82) is 5.26 Å². The summed E-state index contributed by atoms with van der Waals surface area (Å²) in [4.78, 5) is 15.5. The van der Waals surface area contributed by atoms with E-state index < -0.39 is 0 Å². The fourth-order valence-electron chi connectivity index (χ4n) is 8.99. The molecule has 0 radical (unpaired) electrons. The maximum absolute atomic E-state index is 9.52. The number of hydrogen-bond acceptors (Lipinski definition) is 5. The fourth-order valence-corrected chi connectivity index (χ4v) is 8.99. The number of rotatable bonds is 7. The molecule has 9 aromatic carbocycles. The van der Waals surface area contributed by atoms with Gasteiger partial charge in [-0.3, -0.25) is 0 Å². The van der Waals surface area contributed by atoms with Gasteiger partial charge in [0.25, 0.3) is 0 Å². The average molecular weight is 818 g/mol. The van der Waals surface area contributed by atoms with Crippen molar-refractivity contribution in [2.75, 3.05) is 0 Å². The quantitative estimate of drug-likeness (QED) is 0.160. The van der Waals surface area contributed by atoms with E-state index in [2.05, 4.69) is 150 Å². The summed E-state index contributed by atoms with van der Waals surface area (Å²) >= 11 is 0. The summed E-state index contributed by atoms with van der Waals surface area (Å²) in [6.07, 6.45) is 0. The Kier molecular flexibility index (Phi) is 8.77.